The average molecular weight is 202 g/mol. The van der Waals surface area contributed by atoms with Crippen LogP contribution in [0.15, 0.2) is 30.6 Å². The molecule has 0 saturated heterocycles. The molecule has 78 valence electrons. The second kappa shape index (κ2) is 3.65. The molecule has 2 rings (SSSR count). The summed E-state index contributed by atoms with van der Waals surface area (Å²) in [6, 6.07) is 5.94. The van der Waals surface area contributed by atoms with Crippen LogP contribution >= 0.6 is 0 Å². The maximum absolute atomic E-state index is 5.89. The van der Waals surface area contributed by atoms with Crippen LogP contribution < -0.4 is 11.1 Å². The van der Waals surface area contributed by atoms with Gasteiger partial charge in [-0.25, -0.2) is 0 Å². The Balaban J connectivity index is 2.24. The number of hydrogen-bond donors (Lipinski definition) is 2. The van der Waals surface area contributed by atoms with Crippen molar-refractivity contribution in [2.24, 2.45) is 7.05 Å². The van der Waals surface area contributed by atoms with Crippen LogP contribution in [0, 0.1) is 6.92 Å². The Morgan fingerprint density at radius 1 is 1.40 bits per heavy atom. The third-order valence-electron chi connectivity index (χ3n) is 2.19. The van der Waals surface area contributed by atoms with E-state index in [9.17, 15) is 0 Å². The van der Waals surface area contributed by atoms with Gasteiger partial charge in [-0.2, -0.15) is 5.10 Å². The topological polar surface area (TPSA) is 55.9 Å². The maximum Gasteiger partial charge on any atom is 0.0770 e. The number of nitrogens with two attached hydrogens (primary N) is 1. The molecule has 0 unspecified atom stereocenters. The van der Waals surface area contributed by atoms with Crippen molar-refractivity contribution in [2.75, 3.05) is 11.1 Å². The van der Waals surface area contributed by atoms with Crippen molar-refractivity contribution in [3.05, 3.63) is 36.2 Å². The largest absolute Gasteiger partial charge is 0.397 e. The van der Waals surface area contributed by atoms with E-state index in [4.69, 9.17) is 5.73 Å². The molecule has 3 N–H and O–H groups in total. The van der Waals surface area contributed by atoms with E-state index < -0.39 is 0 Å². The summed E-state index contributed by atoms with van der Waals surface area (Å²) in [6.07, 6.45) is 3.67. The first-order valence-corrected chi connectivity index (χ1v) is 4.77. The lowest BCUT2D eigenvalue weighted by Crippen LogP contribution is -1.95. The highest BCUT2D eigenvalue weighted by Gasteiger charge is 2.00. The van der Waals surface area contributed by atoms with Crippen LogP contribution in [-0.4, -0.2) is 9.78 Å². The van der Waals surface area contributed by atoms with Crippen molar-refractivity contribution in [3.63, 3.8) is 0 Å². The highest BCUT2D eigenvalue weighted by molar-refractivity contribution is 5.72. The number of hydrogen-bond acceptors (Lipinski definition) is 3. The van der Waals surface area contributed by atoms with Crippen LogP contribution in [0.1, 0.15) is 5.56 Å². The van der Waals surface area contributed by atoms with Gasteiger partial charge in [0.25, 0.3) is 0 Å². The summed E-state index contributed by atoms with van der Waals surface area (Å²) in [7, 11) is 1.88. The predicted octanol–water partition coefficient (Wildman–Crippen LogP) is 2.05. The molecule has 0 bridgehead atoms. The summed E-state index contributed by atoms with van der Waals surface area (Å²) < 4.78 is 1.74. The van der Waals surface area contributed by atoms with Crippen LogP contribution in [0.2, 0.25) is 0 Å². The molecule has 1 heterocycles. The van der Waals surface area contributed by atoms with E-state index in [1.807, 2.05) is 38.4 Å². The zero-order valence-corrected chi connectivity index (χ0v) is 8.86. The predicted molar refractivity (Wildman–Crippen MR) is 62.1 cm³/mol. The molecule has 0 aliphatic carbocycles. The molecule has 1 aromatic heterocycles. The van der Waals surface area contributed by atoms with Crippen LogP contribution in [-0.2, 0) is 7.05 Å². The molecule has 0 atom stereocenters. The molecule has 0 spiro atoms. The summed E-state index contributed by atoms with van der Waals surface area (Å²) in [5, 5.41) is 7.29. The molecule has 0 amide bonds. The zero-order chi connectivity index (χ0) is 10.8. The first kappa shape index (κ1) is 9.58. The van der Waals surface area contributed by atoms with Gasteiger partial charge in [-0.05, 0) is 24.6 Å². The smallest absolute Gasteiger partial charge is 0.0770 e. The van der Waals surface area contributed by atoms with E-state index in [1.165, 1.54) is 0 Å². The molecule has 1 aromatic carbocycles. The summed E-state index contributed by atoms with van der Waals surface area (Å²) >= 11 is 0. The lowest BCUT2D eigenvalue weighted by Gasteiger charge is -2.07. The molecule has 0 saturated carbocycles. The van der Waals surface area contributed by atoms with Gasteiger partial charge in [0.2, 0.25) is 0 Å². The fourth-order valence-electron chi connectivity index (χ4n) is 1.44. The van der Waals surface area contributed by atoms with Gasteiger partial charge >= 0.3 is 0 Å². The van der Waals surface area contributed by atoms with E-state index in [-0.39, 0.29) is 0 Å². The summed E-state index contributed by atoms with van der Waals surface area (Å²) in [6.45, 7) is 2.02. The summed E-state index contributed by atoms with van der Waals surface area (Å²) in [4.78, 5) is 0. The highest BCUT2D eigenvalue weighted by Crippen LogP contribution is 2.23. The lowest BCUT2D eigenvalue weighted by atomic mass is 10.2. The fourth-order valence-corrected chi connectivity index (χ4v) is 1.44. The van der Waals surface area contributed by atoms with Gasteiger partial charge in [0.15, 0.2) is 0 Å². The van der Waals surface area contributed by atoms with Gasteiger partial charge in [0, 0.05) is 13.2 Å². The maximum atomic E-state index is 5.89. The van der Waals surface area contributed by atoms with Crippen LogP contribution in [0.3, 0.4) is 0 Å². The minimum absolute atomic E-state index is 0.749. The third kappa shape index (κ3) is 2.10. The molecule has 4 heteroatoms. The van der Waals surface area contributed by atoms with Gasteiger partial charge in [-0.3, -0.25) is 4.68 Å². The van der Waals surface area contributed by atoms with Crippen molar-refractivity contribution in [1.29, 1.82) is 0 Å². The zero-order valence-electron chi connectivity index (χ0n) is 8.86. The number of rotatable bonds is 2. The van der Waals surface area contributed by atoms with E-state index in [0.717, 1.165) is 22.6 Å². The van der Waals surface area contributed by atoms with E-state index in [1.54, 1.807) is 10.9 Å². The van der Waals surface area contributed by atoms with Crippen LogP contribution in [0.4, 0.5) is 17.1 Å². The molecular weight excluding hydrogens is 188 g/mol. The molecule has 2 aromatic rings. The average Bonchev–Trinajstić information content (AvgIpc) is 2.56. The monoisotopic (exact) mass is 202 g/mol. The van der Waals surface area contributed by atoms with Crippen molar-refractivity contribution in [2.45, 2.75) is 6.92 Å². The lowest BCUT2D eigenvalue weighted by molar-refractivity contribution is 0.768. The second-order valence-electron chi connectivity index (χ2n) is 3.62. The van der Waals surface area contributed by atoms with Gasteiger partial charge in [-0.1, -0.05) is 6.07 Å². The van der Waals surface area contributed by atoms with Crippen molar-refractivity contribution in [1.82, 2.24) is 9.78 Å². The SMILES string of the molecule is Cc1ccc(Nc2cnn(C)c2)c(N)c1. The molecule has 0 aliphatic rings. The molecule has 0 aliphatic heterocycles. The number of nitrogens with one attached hydrogen (secondary N) is 1. The van der Waals surface area contributed by atoms with Gasteiger partial charge in [0.05, 0.1) is 23.3 Å². The highest BCUT2D eigenvalue weighted by atomic mass is 15.3. The standard InChI is InChI=1S/C11H14N4/c1-8-3-4-11(10(12)5-8)14-9-6-13-15(2)7-9/h3-7,14H,12H2,1-2H3. The van der Waals surface area contributed by atoms with Gasteiger partial charge < -0.3 is 11.1 Å². The Hall–Kier alpha value is -1.97. The summed E-state index contributed by atoms with van der Waals surface area (Å²) in [5.74, 6) is 0. The van der Waals surface area contributed by atoms with Gasteiger partial charge in [0.1, 0.15) is 0 Å². The Morgan fingerprint density at radius 3 is 2.80 bits per heavy atom. The quantitative estimate of drug-likeness (QED) is 0.733. The van der Waals surface area contributed by atoms with E-state index in [2.05, 4.69) is 10.4 Å². The number of aryl methyl sites for hydroxylation is 2. The Bertz CT molecular complexity index is 473. The molecule has 15 heavy (non-hydrogen) atoms. The van der Waals surface area contributed by atoms with E-state index in [0.29, 0.717) is 0 Å². The number of nitrogen functional groups attached to an aromatic ring is 1. The molecular formula is C11H14N4. The fraction of sp³-hybridized carbons (Fsp3) is 0.182. The Labute approximate surface area is 88.7 Å². The van der Waals surface area contributed by atoms with Crippen molar-refractivity contribution < 1.29 is 0 Å². The minimum Gasteiger partial charge on any atom is -0.397 e. The normalized spacial score (nSPS) is 10.3. The Kier molecular flexibility index (Phi) is 2.33. The number of nitrogens with zero attached hydrogens (tertiary/aromatic N) is 2. The Morgan fingerprint density at radius 2 is 2.20 bits per heavy atom. The minimum atomic E-state index is 0.749. The molecule has 4 nitrogen and oxygen atoms in total. The van der Waals surface area contributed by atoms with Crippen LogP contribution in [0.25, 0.3) is 0 Å². The number of anilines is 3. The second-order valence-corrected chi connectivity index (χ2v) is 3.62. The number of benzene rings is 1. The van der Waals surface area contributed by atoms with Crippen molar-refractivity contribution in [3.8, 4) is 0 Å². The van der Waals surface area contributed by atoms with Gasteiger partial charge in [-0.15, -0.1) is 0 Å². The number of aromatic nitrogens is 2. The van der Waals surface area contributed by atoms with E-state index >= 15 is 0 Å². The molecule has 0 fully saturated rings. The first-order valence-electron chi connectivity index (χ1n) is 4.77. The summed E-state index contributed by atoms with van der Waals surface area (Å²) in [5.41, 5.74) is 9.64. The van der Waals surface area contributed by atoms with Crippen molar-refractivity contribution >= 4 is 17.1 Å². The molecule has 0 radical (unpaired) electrons. The van der Waals surface area contributed by atoms with Crippen LogP contribution in [0.5, 0.6) is 0 Å². The third-order valence-corrected chi connectivity index (χ3v) is 2.19. The first-order chi connectivity index (χ1) is 7.15.